The zero-order valence-corrected chi connectivity index (χ0v) is 14.6. The molecule has 23 heavy (non-hydrogen) atoms. The van der Waals surface area contributed by atoms with Crippen LogP contribution in [0, 0.1) is 11.3 Å². The maximum Gasteiger partial charge on any atom is 0.214 e. The summed E-state index contributed by atoms with van der Waals surface area (Å²) in [6.07, 6.45) is 0.488. The fourth-order valence-electron chi connectivity index (χ4n) is 2.63. The average Bonchev–Trinajstić information content (AvgIpc) is 2.55. The Hall–Kier alpha value is -1.33. The predicted molar refractivity (Wildman–Crippen MR) is 90.2 cm³/mol. The molecule has 0 unspecified atom stereocenters. The highest BCUT2D eigenvalue weighted by molar-refractivity contribution is 7.89. The lowest BCUT2D eigenvalue weighted by atomic mass is 10.1. The van der Waals surface area contributed by atoms with Crippen LogP contribution >= 0.6 is 11.6 Å². The Morgan fingerprint density at radius 3 is 2.61 bits per heavy atom. The van der Waals surface area contributed by atoms with E-state index in [4.69, 9.17) is 16.3 Å². The Bertz CT molecular complexity index is 680. The smallest absolute Gasteiger partial charge is 0.214 e. The second-order valence-corrected chi connectivity index (χ2v) is 7.79. The van der Waals surface area contributed by atoms with Gasteiger partial charge in [0.05, 0.1) is 22.0 Å². The summed E-state index contributed by atoms with van der Waals surface area (Å²) in [4.78, 5) is 1.97. The Morgan fingerprint density at radius 1 is 1.30 bits per heavy atom. The fourth-order valence-corrected chi connectivity index (χ4v) is 4.39. The van der Waals surface area contributed by atoms with Crippen LogP contribution in [0.25, 0.3) is 0 Å². The van der Waals surface area contributed by atoms with E-state index in [0.29, 0.717) is 55.5 Å². The first-order valence-electron chi connectivity index (χ1n) is 7.40. The first-order chi connectivity index (χ1) is 11.0. The van der Waals surface area contributed by atoms with Crippen molar-refractivity contribution in [2.45, 2.75) is 6.42 Å². The van der Waals surface area contributed by atoms with Crippen LogP contribution in [-0.4, -0.2) is 58.4 Å². The van der Waals surface area contributed by atoms with E-state index in [1.807, 2.05) is 4.90 Å². The molecule has 0 radical (unpaired) electrons. The third-order valence-corrected chi connectivity index (χ3v) is 6.07. The number of hydrogen-bond donors (Lipinski definition) is 0. The average molecular weight is 358 g/mol. The Morgan fingerprint density at radius 2 is 2.00 bits per heavy atom. The van der Waals surface area contributed by atoms with Gasteiger partial charge < -0.3 is 9.64 Å². The Kier molecular flexibility index (Phi) is 6.25. The third kappa shape index (κ3) is 4.36. The number of para-hydroxylation sites is 1. The largest absolute Gasteiger partial charge is 0.385 e. The summed E-state index contributed by atoms with van der Waals surface area (Å²) in [7, 11) is -1.70. The van der Waals surface area contributed by atoms with E-state index in [2.05, 4.69) is 6.07 Å². The molecule has 1 heterocycles. The summed E-state index contributed by atoms with van der Waals surface area (Å²) in [6, 6.07) is 7.33. The summed E-state index contributed by atoms with van der Waals surface area (Å²) < 4.78 is 30.9. The highest BCUT2D eigenvalue weighted by Gasteiger charge is 2.28. The molecule has 0 N–H and O–H groups in total. The summed E-state index contributed by atoms with van der Waals surface area (Å²) >= 11 is 6.21. The predicted octanol–water partition coefficient (Wildman–Crippen LogP) is 1.70. The van der Waals surface area contributed by atoms with Crippen molar-refractivity contribution >= 4 is 27.3 Å². The maximum absolute atomic E-state index is 12.3. The molecule has 2 rings (SSSR count). The molecular weight excluding hydrogens is 338 g/mol. The molecule has 1 aromatic carbocycles. The van der Waals surface area contributed by atoms with Crippen LogP contribution < -0.4 is 4.90 Å². The number of nitriles is 1. The van der Waals surface area contributed by atoms with Gasteiger partial charge in [-0.15, -0.1) is 0 Å². The van der Waals surface area contributed by atoms with Crippen LogP contribution in [0.2, 0.25) is 5.02 Å². The SMILES string of the molecule is COCCCS(=O)(=O)N1CCN(c2c(Cl)cccc2C#N)CC1. The van der Waals surface area contributed by atoms with E-state index in [1.54, 1.807) is 25.3 Å². The van der Waals surface area contributed by atoms with Crippen molar-refractivity contribution in [2.24, 2.45) is 0 Å². The van der Waals surface area contributed by atoms with Crippen molar-refractivity contribution in [3.63, 3.8) is 0 Å². The van der Waals surface area contributed by atoms with Gasteiger partial charge in [-0.2, -0.15) is 9.57 Å². The third-order valence-electron chi connectivity index (χ3n) is 3.81. The van der Waals surface area contributed by atoms with Crippen LogP contribution in [0.4, 0.5) is 5.69 Å². The number of hydrogen-bond acceptors (Lipinski definition) is 5. The van der Waals surface area contributed by atoms with Crippen molar-refractivity contribution in [1.82, 2.24) is 4.31 Å². The number of piperazine rings is 1. The van der Waals surface area contributed by atoms with E-state index in [0.717, 1.165) is 0 Å². The second kappa shape index (κ2) is 7.97. The van der Waals surface area contributed by atoms with Gasteiger partial charge in [0, 0.05) is 39.9 Å². The molecule has 1 aromatic rings. The lowest BCUT2D eigenvalue weighted by Gasteiger charge is -2.36. The lowest BCUT2D eigenvalue weighted by molar-refractivity contribution is 0.199. The minimum absolute atomic E-state index is 0.0936. The van der Waals surface area contributed by atoms with Gasteiger partial charge in [0.15, 0.2) is 0 Å². The first-order valence-corrected chi connectivity index (χ1v) is 9.38. The molecule has 1 aliphatic rings. The highest BCUT2D eigenvalue weighted by atomic mass is 35.5. The van der Waals surface area contributed by atoms with E-state index in [-0.39, 0.29) is 5.75 Å². The van der Waals surface area contributed by atoms with Crippen LogP contribution in [0.3, 0.4) is 0 Å². The molecule has 0 spiro atoms. The fraction of sp³-hybridized carbons (Fsp3) is 0.533. The quantitative estimate of drug-likeness (QED) is 0.724. The molecule has 6 nitrogen and oxygen atoms in total. The number of nitrogens with zero attached hydrogens (tertiary/aromatic N) is 3. The summed E-state index contributed by atoms with van der Waals surface area (Å²) in [6.45, 7) is 2.25. The molecule has 126 valence electrons. The number of anilines is 1. The number of benzene rings is 1. The molecule has 0 aromatic heterocycles. The van der Waals surface area contributed by atoms with Crippen LogP contribution in [0.15, 0.2) is 18.2 Å². The molecule has 8 heteroatoms. The van der Waals surface area contributed by atoms with Crippen molar-refractivity contribution in [3.8, 4) is 6.07 Å². The van der Waals surface area contributed by atoms with Crippen molar-refractivity contribution in [1.29, 1.82) is 5.26 Å². The van der Waals surface area contributed by atoms with Crippen molar-refractivity contribution < 1.29 is 13.2 Å². The number of ether oxygens (including phenoxy) is 1. The summed E-state index contributed by atoms with van der Waals surface area (Å²) in [5.41, 5.74) is 1.20. The van der Waals surface area contributed by atoms with Crippen LogP contribution in [0.5, 0.6) is 0 Å². The number of methoxy groups -OCH3 is 1. The summed E-state index contributed by atoms with van der Waals surface area (Å²) in [5.74, 6) is 0.0936. The number of sulfonamides is 1. The minimum atomic E-state index is -3.26. The monoisotopic (exact) mass is 357 g/mol. The zero-order chi connectivity index (χ0) is 16.9. The highest BCUT2D eigenvalue weighted by Crippen LogP contribution is 2.30. The van der Waals surface area contributed by atoms with Crippen LogP contribution in [0.1, 0.15) is 12.0 Å². The first kappa shape index (κ1) is 18.0. The van der Waals surface area contributed by atoms with E-state index < -0.39 is 10.0 Å². The molecule has 1 saturated heterocycles. The molecular formula is C15H20ClN3O3S. The van der Waals surface area contributed by atoms with Gasteiger partial charge in [-0.1, -0.05) is 17.7 Å². The molecule has 0 amide bonds. The number of rotatable bonds is 6. The van der Waals surface area contributed by atoms with Gasteiger partial charge in [0.1, 0.15) is 6.07 Å². The van der Waals surface area contributed by atoms with Gasteiger partial charge in [-0.05, 0) is 18.6 Å². The van der Waals surface area contributed by atoms with Crippen molar-refractivity contribution in [3.05, 3.63) is 28.8 Å². The lowest BCUT2D eigenvalue weighted by Crippen LogP contribution is -2.49. The van der Waals surface area contributed by atoms with E-state index in [9.17, 15) is 13.7 Å². The molecule has 0 aliphatic carbocycles. The summed E-state index contributed by atoms with van der Waals surface area (Å²) in [5, 5.41) is 9.74. The molecule has 1 fully saturated rings. The van der Waals surface area contributed by atoms with Gasteiger partial charge in [-0.25, -0.2) is 8.42 Å². The second-order valence-electron chi connectivity index (χ2n) is 5.30. The van der Waals surface area contributed by atoms with E-state index >= 15 is 0 Å². The zero-order valence-electron chi connectivity index (χ0n) is 13.0. The Balaban J connectivity index is 2.03. The van der Waals surface area contributed by atoms with Crippen LogP contribution in [-0.2, 0) is 14.8 Å². The molecule has 0 bridgehead atoms. The van der Waals surface area contributed by atoms with Gasteiger partial charge in [0.25, 0.3) is 0 Å². The Labute approximate surface area is 142 Å². The van der Waals surface area contributed by atoms with Gasteiger partial charge in [-0.3, -0.25) is 0 Å². The molecule has 0 atom stereocenters. The topological polar surface area (TPSA) is 73.6 Å². The maximum atomic E-state index is 12.3. The molecule has 1 aliphatic heterocycles. The van der Waals surface area contributed by atoms with Crippen molar-refractivity contribution in [2.75, 3.05) is 50.5 Å². The van der Waals surface area contributed by atoms with Gasteiger partial charge in [0.2, 0.25) is 10.0 Å². The standard InChI is InChI=1S/C15H20ClN3O3S/c1-22-10-3-11-23(20,21)19-8-6-18(7-9-19)15-13(12-17)4-2-5-14(15)16/h2,4-5H,3,6-11H2,1H3. The van der Waals surface area contributed by atoms with Gasteiger partial charge >= 0.3 is 0 Å². The number of halogens is 1. The van der Waals surface area contributed by atoms with E-state index in [1.165, 1.54) is 4.31 Å². The normalized spacial score (nSPS) is 16.3. The minimum Gasteiger partial charge on any atom is -0.385 e. The molecule has 0 saturated carbocycles.